The smallest absolute Gasteiger partial charge is 0.337 e. The van der Waals surface area contributed by atoms with Crippen LogP contribution in [-0.2, 0) is 14.3 Å². The standard InChI is InChI=1S/C19H16N2O7/c1-26-18(24)11-5-12(19(25)27-2)7-13(6-11)20-17(23)10-3-4-15-14(8-10)21-16(22)9-28-15/h3-8H,9H2,1-2H3,(H,20,23)(H,21,22). The summed E-state index contributed by atoms with van der Waals surface area (Å²) < 4.78 is 14.6. The van der Waals surface area contributed by atoms with Gasteiger partial charge in [0.25, 0.3) is 11.8 Å². The van der Waals surface area contributed by atoms with Crippen LogP contribution in [0.25, 0.3) is 0 Å². The number of rotatable bonds is 4. The molecule has 2 amide bonds. The SMILES string of the molecule is COC(=O)c1cc(NC(=O)c2ccc3c(c2)NC(=O)CO3)cc(C(=O)OC)c1. The molecule has 28 heavy (non-hydrogen) atoms. The number of carbonyl (C=O) groups is 4. The summed E-state index contributed by atoms with van der Waals surface area (Å²) in [6, 6.07) is 8.61. The first-order valence-corrected chi connectivity index (χ1v) is 8.11. The molecule has 2 N–H and O–H groups in total. The third-order valence-corrected chi connectivity index (χ3v) is 3.91. The fraction of sp³-hybridized carbons (Fsp3) is 0.158. The molecule has 3 rings (SSSR count). The van der Waals surface area contributed by atoms with E-state index in [4.69, 9.17) is 4.74 Å². The summed E-state index contributed by atoms with van der Waals surface area (Å²) in [5.41, 5.74) is 0.972. The predicted octanol–water partition coefficient (Wildman–Crippen LogP) is 1.84. The first kappa shape index (κ1) is 18.9. The van der Waals surface area contributed by atoms with E-state index in [-0.39, 0.29) is 34.9 Å². The molecule has 1 aliphatic heterocycles. The van der Waals surface area contributed by atoms with Crippen LogP contribution in [0.5, 0.6) is 5.75 Å². The lowest BCUT2D eigenvalue weighted by Crippen LogP contribution is -2.25. The van der Waals surface area contributed by atoms with Gasteiger partial charge in [0.15, 0.2) is 6.61 Å². The molecule has 0 spiro atoms. The number of esters is 2. The molecule has 144 valence electrons. The Balaban J connectivity index is 1.89. The van der Waals surface area contributed by atoms with Crippen LogP contribution in [0.4, 0.5) is 11.4 Å². The number of methoxy groups -OCH3 is 2. The summed E-state index contributed by atoms with van der Waals surface area (Å²) in [7, 11) is 2.41. The van der Waals surface area contributed by atoms with Crippen molar-refractivity contribution in [1.29, 1.82) is 0 Å². The van der Waals surface area contributed by atoms with Gasteiger partial charge in [0.2, 0.25) is 0 Å². The lowest BCUT2D eigenvalue weighted by Gasteiger charge is -2.18. The molecule has 2 aromatic carbocycles. The van der Waals surface area contributed by atoms with Gasteiger partial charge in [0, 0.05) is 11.3 Å². The van der Waals surface area contributed by atoms with Gasteiger partial charge in [0.1, 0.15) is 5.75 Å². The summed E-state index contributed by atoms with van der Waals surface area (Å²) in [4.78, 5) is 47.7. The number of amides is 2. The van der Waals surface area contributed by atoms with Gasteiger partial charge in [-0.05, 0) is 36.4 Å². The van der Waals surface area contributed by atoms with Crippen LogP contribution < -0.4 is 15.4 Å². The average Bonchev–Trinajstić information content (AvgIpc) is 2.71. The molecule has 1 heterocycles. The molecule has 1 aliphatic rings. The normalized spacial score (nSPS) is 12.1. The van der Waals surface area contributed by atoms with Crippen molar-refractivity contribution in [1.82, 2.24) is 0 Å². The molecule has 9 heteroatoms. The minimum Gasteiger partial charge on any atom is -0.482 e. The molecule has 0 radical (unpaired) electrons. The molecular formula is C19H16N2O7. The number of hydrogen-bond acceptors (Lipinski definition) is 7. The molecule has 0 aromatic heterocycles. The first-order valence-electron chi connectivity index (χ1n) is 8.11. The van der Waals surface area contributed by atoms with E-state index in [1.807, 2.05) is 0 Å². The minimum atomic E-state index is -0.671. The quantitative estimate of drug-likeness (QED) is 0.772. The molecule has 0 unspecified atom stereocenters. The lowest BCUT2D eigenvalue weighted by atomic mass is 10.1. The largest absolute Gasteiger partial charge is 0.482 e. The molecule has 9 nitrogen and oxygen atoms in total. The van der Waals surface area contributed by atoms with Gasteiger partial charge in [-0.2, -0.15) is 0 Å². The number of carbonyl (C=O) groups excluding carboxylic acids is 4. The highest BCUT2D eigenvalue weighted by Crippen LogP contribution is 2.29. The summed E-state index contributed by atoms with van der Waals surface area (Å²) in [6.45, 7) is -0.0881. The zero-order valence-electron chi connectivity index (χ0n) is 15.0. The minimum absolute atomic E-state index is 0.0757. The highest BCUT2D eigenvalue weighted by molar-refractivity contribution is 6.07. The van der Waals surface area contributed by atoms with Crippen LogP contribution in [0.15, 0.2) is 36.4 Å². The summed E-state index contributed by atoms with van der Waals surface area (Å²) in [6.07, 6.45) is 0. The van der Waals surface area contributed by atoms with Crippen LogP contribution >= 0.6 is 0 Å². The second-order valence-electron chi connectivity index (χ2n) is 5.78. The first-order chi connectivity index (χ1) is 13.4. The van der Waals surface area contributed by atoms with Crippen LogP contribution in [0.3, 0.4) is 0 Å². The van der Waals surface area contributed by atoms with Crippen molar-refractivity contribution in [3.05, 3.63) is 53.1 Å². The van der Waals surface area contributed by atoms with Crippen molar-refractivity contribution in [2.75, 3.05) is 31.5 Å². The molecular weight excluding hydrogens is 368 g/mol. The number of anilines is 2. The van der Waals surface area contributed by atoms with Gasteiger partial charge >= 0.3 is 11.9 Å². The Morgan fingerprint density at radius 3 is 2.21 bits per heavy atom. The molecule has 0 saturated heterocycles. The van der Waals surface area contributed by atoms with Crippen LogP contribution in [0.1, 0.15) is 31.1 Å². The summed E-state index contributed by atoms with van der Waals surface area (Å²) in [5.74, 6) is -1.72. The topological polar surface area (TPSA) is 120 Å². The Hall–Kier alpha value is -3.88. The zero-order chi connectivity index (χ0) is 20.3. The maximum Gasteiger partial charge on any atom is 0.337 e. The van der Waals surface area contributed by atoms with Gasteiger partial charge in [-0.25, -0.2) is 9.59 Å². The molecule has 0 bridgehead atoms. The number of nitrogens with one attached hydrogen (secondary N) is 2. The molecule has 0 aliphatic carbocycles. The highest BCUT2D eigenvalue weighted by atomic mass is 16.5. The maximum atomic E-state index is 12.6. The molecule has 2 aromatic rings. The Morgan fingerprint density at radius 2 is 1.61 bits per heavy atom. The fourth-order valence-corrected chi connectivity index (χ4v) is 2.60. The van der Waals surface area contributed by atoms with Gasteiger partial charge in [-0.15, -0.1) is 0 Å². The fourth-order valence-electron chi connectivity index (χ4n) is 2.60. The van der Waals surface area contributed by atoms with Crippen molar-refractivity contribution >= 4 is 35.1 Å². The highest BCUT2D eigenvalue weighted by Gasteiger charge is 2.19. The van der Waals surface area contributed by atoms with Crippen LogP contribution in [0.2, 0.25) is 0 Å². The second-order valence-corrected chi connectivity index (χ2v) is 5.78. The Kier molecular flexibility index (Phi) is 5.25. The van der Waals surface area contributed by atoms with E-state index in [9.17, 15) is 19.2 Å². The Morgan fingerprint density at radius 1 is 0.964 bits per heavy atom. The van der Waals surface area contributed by atoms with Crippen molar-refractivity contribution in [3.63, 3.8) is 0 Å². The summed E-state index contributed by atoms with van der Waals surface area (Å²) >= 11 is 0. The van der Waals surface area contributed by atoms with Crippen molar-refractivity contribution in [2.45, 2.75) is 0 Å². The molecule has 0 saturated carbocycles. The van der Waals surface area contributed by atoms with E-state index >= 15 is 0 Å². The van der Waals surface area contributed by atoms with E-state index < -0.39 is 17.8 Å². The van der Waals surface area contributed by atoms with Crippen LogP contribution in [-0.4, -0.2) is 44.6 Å². The van der Waals surface area contributed by atoms with Crippen molar-refractivity contribution in [3.8, 4) is 5.75 Å². The number of benzene rings is 2. The van der Waals surface area contributed by atoms with Crippen molar-refractivity contribution in [2.24, 2.45) is 0 Å². The number of ether oxygens (including phenoxy) is 3. The van der Waals surface area contributed by atoms with Crippen LogP contribution in [0, 0.1) is 0 Å². The lowest BCUT2D eigenvalue weighted by molar-refractivity contribution is -0.118. The van der Waals surface area contributed by atoms with E-state index in [0.29, 0.717) is 11.4 Å². The monoisotopic (exact) mass is 384 g/mol. The van der Waals surface area contributed by atoms with E-state index in [0.717, 1.165) is 0 Å². The van der Waals surface area contributed by atoms with Gasteiger partial charge in [0.05, 0.1) is 31.0 Å². The Bertz CT molecular complexity index is 950. The second kappa shape index (κ2) is 7.78. The van der Waals surface area contributed by atoms with E-state index in [1.165, 1.54) is 44.6 Å². The molecule has 0 atom stereocenters. The Labute approximate surface area is 159 Å². The third-order valence-electron chi connectivity index (χ3n) is 3.91. The maximum absolute atomic E-state index is 12.6. The average molecular weight is 384 g/mol. The summed E-state index contributed by atoms with van der Waals surface area (Å²) in [5, 5.41) is 5.22. The van der Waals surface area contributed by atoms with Gasteiger partial charge in [-0.3, -0.25) is 9.59 Å². The van der Waals surface area contributed by atoms with E-state index in [2.05, 4.69) is 20.1 Å². The zero-order valence-corrected chi connectivity index (χ0v) is 15.0. The van der Waals surface area contributed by atoms with Gasteiger partial charge < -0.3 is 24.8 Å². The van der Waals surface area contributed by atoms with E-state index in [1.54, 1.807) is 6.07 Å². The number of fused-ring (bicyclic) bond motifs is 1. The third kappa shape index (κ3) is 3.93. The number of hydrogen-bond donors (Lipinski definition) is 2. The van der Waals surface area contributed by atoms with Crippen molar-refractivity contribution < 1.29 is 33.4 Å². The predicted molar refractivity (Wildman–Crippen MR) is 97.6 cm³/mol. The van der Waals surface area contributed by atoms with Gasteiger partial charge in [-0.1, -0.05) is 0 Å². The molecule has 0 fully saturated rings.